The Morgan fingerprint density at radius 3 is 3.00 bits per heavy atom. The minimum absolute atomic E-state index is 0.0498. The van der Waals surface area contributed by atoms with Crippen molar-refractivity contribution in [3.05, 3.63) is 46.2 Å². The fraction of sp³-hybridized carbons (Fsp3) is 0.250. The lowest BCUT2D eigenvalue weighted by atomic mass is 10.0. The molecule has 0 radical (unpaired) electrons. The predicted molar refractivity (Wildman–Crippen MR) is 60.4 cm³/mol. The lowest BCUT2D eigenvalue weighted by molar-refractivity contribution is 0.0938. The van der Waals surface area contributed by atoms with E-state index in [0.29, 0.717) is 22.9 Å². The summed E-state index contributed by atoms with van der Waals surface area (Å²) in [7, 11) is 0. The minimum Gasteiger partial charge on any atom is -0.294 e. The molecule has 1 aromatic rings. The van der Waals surface area contributed by atoms with Gasteiger partial charge in [0.25, 0.3) is 0 Å². The van der Waals surface area contributed by atoms with E-state index < -0.39 is 0 Å². The monoisotopic (exact) mass is 268 g/mol. The Morgan fingerprint density at radius 1 is 1.60 bits per heavy atom. The first-order chi connectivity index (χ1) is 7.13. The molecule has 0 bridgehead atoms. The number of fused-ring (bicyclic) bond motifs is 1. The predicted octanol–water partition coefficient (Wildman–Crippen LogP) is 3.52. The van der Waals surface area contributed by atoms with Crippen LogP contribution in [0.2, 0.25) is 0 Å². The molecular formula is C12H10BrFO. The number of allylic oxidation sites excluding steroid dienone is 1. The summed E-state index contributed by atoms with van der Waals surface area (Å²) in [6.07, 6.45) is 3.02. The number of hydrogen-bond acceptors (Lipinski definition) is 1. The van der Waals surface area contributed by atoms with Gasteiger partial charge < -0.3 is 0 Å². The van der Waals surface area contributed by atoms with Gasteiger partial charge in [0.2, 0.25) is 0 Å². The van der Waals surface area contributed by atoms with E-state index in [1.165, 1.54) is 6.07 Å². The van der Waals surface area contributed by atoms with Crippen molar-refractivity contribution in [1.29, 1.82) is 0 Å². The Balaban J connectivity index is 2.41. The van der Waals surface area contributed by atoms with E-state index in [0.717, 1.165) is 5.56 Å². The Hall–Kier alpha value is -0.960. The van der Waals surface area contributed by atoms with Gasteiger partial charge in [-0.2, -0.15) is 0 Å². The van der Waals surface area contributed by atoms with E-state index >= 15 is 0 Å². The van der Waals surface area contributed by atoms with Gasteiger partial charge in [0, 0.05) is 11.5 Å². The Labute approximate surface area is 96.1 Å². The van der Waals surface area contributed by atoms with Crippen LogP contribution in [0.4, 0.5) is 4.39 Å². The highest BCUT2D eigenvalue weighted by atomic mass is 79.9. The van der Waals surface area contributed by atoms with E-state index in [-0.39, 0.29) is 17.5 Å². The summed E-state index contributed by atoms with van der Waals surface area (Å²) >= 11 is 3.09. The number of ketones is 1. The number of hydrogen-bond donors (Lipinski definition) is 0. The normalized spacial score (nSPS) is 19.1. The molecule has 1 aromatic carbocycles. The molecule has 1 aliphatic carbocycles. The molecule has 0 N–H and O–H groups in total. The van der Waals surface area contributed by atoms with Crippen molar-refractivity contribution in [1.82, 2.24) is 0 Å². The number of halogens is 2. The second-order valence-electron chi connectivity index (χ2n) is 3.71. The van der Waals surface area contributed by atoms with Gasteiger partial charge in [-0.25, -0.2) is 4.39 Å². The number of Topliss-reactive ketones (excluding diaryl/α,β-unsaturated/α-hetero) is 1. The fourth-order valence-corrected chi connectivity index (χ4v) is 2.30. The summed E-state index contributed by atoms with van der Waals surface area (Å²) in [5.74, 6) is -0.252. The topological polar surface area (TPSA) is 17.1 Å². The van der Waals surface area contributed by atoms with Crippen molar-refractivity contribution < 1.29 is 9.18 Å². The fourth-order valence-electron chi connectivity index (χ4n) is 1.96. The quantitative estimate of drug-likeness (QED) is 0.751. The molecule has 78 valence electrons. The summed E-state index contributed by atoms with van der Waals surface area (Å²) < 4.78 is 13.6. The van der Waals surface area contributed by atoms with Gasteiger partial charge in [0.15, 0.2) is 5.78 Å². The van der Waals surface area contributed by atoms with E-state index in [1.807, 2.05) is 0 Å². The van der Waals surface area contributed by atoms with Crippen LogP contribution in [-0.4, -0.2) is 5.78 Å². The van der Waals surface area contributed by atoms with Gasteiger partial charge in [-0.1, -0.05) is 6.08 Å². The summed E-state index contributed by atoms with van der Waals surface area (Å²) in [6, 6.07) is 3.02. The number of benzene rings is 1. The molecule has 0 saturated carbocycles. The van der Waals surface area contributed by atoms with Gasteiger partial charge in [0.05, 0.1) is 4.47 Å². The maximum atomic E-state index is 13.2. The molecule has 3 heteroatoms. The number of carbonyl (C=O) groups excluding carboxylic acids is 1. The molecule has 2 rings (SSSR count). The average molecular weight is 269 g/mol. The smallest absolute Gasteiger partial charge is 0.166 e. The number of carbonyl (C=O) groups is 1. The molecular weight excluding hydrogens is 259 g/mol. The van der Waals surface area contributed by atoms with Gasteiger partial charge in [-0.15, -0.1) is 6.58 Å². The average Bonchev–Trinajstić information content (AvgIpc) is 2.47. The lowest BCUT2D eigenvalue weighted by Crippen LogP contribution is -2.07. The Kier molecular flexibility index (Phi) is 2.74. The third-order valence-corrected chi connectivity index (χ3v) is 3.31. The first kappa shape index (κ1) is 10.6. The van der Waals surface area contributed by atoms with E-state index in [4.69, 9.17) is 0 Å². The van der Waals surface area contributed by atoms with Crippen molar-refractivity contribution in [2.24, 2.45) is 5.92 Å². The summed E-state index contributed by atoms with van der Waals surface area (Å²) in [5.41, 5.74) is 1.46. The maximum Gasteiger partial charge on any atom is 0.166 e. The van der Waals surface area contributed by atoms with Crippen molar-refractivity contribution in [3.8, 4) is 0 Å². The van der Waals surface area contributed by atoms with Crippen molar-refractivity contribution in [2.75, 3.05) is 0 Å². The molecule has 1 aliphatic rings. The van der Waals surface area contributed by atoms with Crippen LogP contribution < -0.4 is 0 Å². The summed E-state index contributed by atoms with van der Waals surface area (Å²) in [6.45, 7) is 3.62. The zero-order valence-electron chi connectivity index (χ0n) is 8.09. The standard InChI is InChI=1S/C12H10BrFO/c1-2-3-7-4-8-5-11(14)10(13)6-9(8)12(7)15/h2,5-7H,1,3-4H2. The summed E-state index contributed by atoms with van der Waals surface area (Å²) in [4.78, 5) is 11.9. The van der Waals surface area contributed by atoms with Gasteiger partial charge in [-0.05, 0) is 46.5 Å². The Bertz CT molecular complexity index is 439. The van der Waals surface area contributed by atoms with Crippen LogP contribution in [0, 0.1) is 11.7 Å². The molecule has 0 fully saturated rings. The van der Waals surface area contributed by atoms with Crippen LogP contribution in [0.25, 0.3) is 0 Å². The third kappa shape index (κ3) is 1.76. The second kappa shape index (κ2) is 3.89. The van der Waals surface area contributed by atoms with E-state index in [2.05, 4.69) is 22.5 Å². The van der Waals surface area contributed by atoms with Gasteiger partial charge in [-0.3, -0.25) is 4.79 Å². The molecule has 1 unspecified atom stereocenters. The molecule has 1 nitrogen and oxygen atoms in total. The van der Waals surface area contributed by atoms with Crippen LogP contribution in [0.5, 0.6) is 0 Å². The molecule has 0 aromatic heterocycles. The highest BCUT2D eigenvalue weighted by molar-refractivity contribution is 9.10. The second-order valence-corrected chi connectivity index (χ2v) is 4.57. The highest BCUT2D eigenvalue weighted by Crippen LogP contribution is 2.32. The molecule has 0 spiro atoms. The zero-order chi connectivity index (χ0) is 11.0. The molecule has 0 saturated heterocycles. The first-order valence-corrected chi connectivity index (χ1v) is 5.56. The zero-order valence-corrected chi connectivity index (χ0v) is 9.68. The van der Waals surface area contributed by atoms with Gasteiger partial charge >= 0.3 is 0 Å². The molecule has 15 heavy (non-hydrogen) atoms. The maximum absolute atomic E-state index is 13.2. The van der Waals surface area contributed by atoms with Crippen molar-refractivity contribution in [3.63, 3.8) is 0 Å². The Morgan fingerprint density at radius 2 is 2.33 bits per heavy atom. The van der Waals surface area contributed by atoms with Crippen LogP contribution in [0.3, 0.4) is 0 Å². The van der Waals surface area contributed by atoms with Gasteiger partial charge in [0.1, 0.15) is 5.82 Å². The molecule has 0 heterocycles. The highest BCUT2D eigenvalue weighted by Gasteiger charge is 2.30. The van der Waals surface area contributed by atoms with Crippen molar-refractivity contribution >= 4 is 21.7 Å². The van der Waals surface area contributed by atoms with Crippen molar-refractivity contribution in [2.45, 2.75) is 12.8 Å². The van der Waals surface area contributed by atoms with Crippen LogP contribution >= 0.6 is 15.9 Å². The number of rotatable bonds is 2. The van der Waals surface area contributed by atoms with Crippen LogP contribution in [0.1, 0.15) is 22.3 Å². The largest absolute Gasteiger partial charge is 0.294 e. The first-order valence-electron chi connectivity index (χ1n) is 4.76. The summed E-state index contributed by atoms with van der Waals surface area (Å²) in [5, 5.41) is 0. The SMILES string of the molecule is C=CCC1Cc2cc(F)c(Br)cc2C1=O. The molecule has 0 amide bonds. The third-order valence-electron chi connectivity index (χ3n) is 2.70. The van der Waals surface area contributed by atoms with E-state index in [9.17, 15) is 9.18 Å². The van der Waals surface area contributed by atoms with Crippen LogP contribution in [0.15, 0.2) is 29.3 Å². The molecule has 0 aliphatic heterocycles. The minimum atomic E-state index is -0.305. The lowest BCUT2D eigenvalue weighted by Gasteiger charge is -2.01. The van der Waals surface area contributed by atoms with Crippen LogP contribution in [-0.2, 0) is 6.42 Å². The molecule has 1 atom stereocenters. The van der Waals surface area contributed by atoms with E-state index in [1.54, 1.807) is 12.1 Å².